The Balaban J connectivity index is 1.54. The number of halogens is 1. The molecule has 0 spiro atoms. The maximum absolute atomic E-state index is 13.0. The van der Waals surface area contributed by atoms with Crippen molar-refractivity contribution >= 4 is 17.7 Å². The smallest absolute Gasteiger partial charge is 0.374 e. The zero-order valence-corrected chi connectivity index (χ0v) is 16.3. The lowest BCUT2D eigenvalue weighted by molar-refractivity contribution is -0.128. The second kappa shape index (κ2) is 9.65. The van der Waals surface area contributed by atoms with Gasteiger partial charge in [-0.15, -0.1) is 0 Å². The van der Waals surface area contributed by atoms with Gasteiger partial charge in [-0.3, -0.25) is 9.59 Å². The summed E-state index contributed by atoms with van der Waals surface area (Å²) in [7, 11) is 0. The van der Waals surface area contributed by atoms with Crippen LogP contribution in [0.1, 0.15) is 23.0 Å². The van der Waals surface area contributed by atoms with E-state index >= 15 is 0 Å². The number of Topliss-reactive ketones (excluding diaryl/α,β-unsaturated/α-hetero) is 1. The van der Waals surface area contributed by atoms with E-state index in [-0.39, 0.29) is 17.4 Å². The second-order valence-electron chi connectivity index (χ2n) is 6.67. The molecule has 30 heavy (non-hydrogen) atoms. The first-order valence-corrected chi connectivity index (χ1v) is 9.29. The lowest BCUT2D eigenvalue weighted by Gasteiger charge is -2.16. The van der Waals surface area contributed by atoms with E-state index in [9.17, 15) is 18.8 Å². The summed E-state index contributed by atoms with van der Waals surface area (Å²) in [4.78, 5) is 36.1. The van der Waals surface area contributed by atoms with Crippen LogP contribution in [-0.4, -0.2) is 30.3 Å². The number of amides is 1. The average Bonchev–Trinajstić information content (AvgIpc) is 3.23. The summed E-state index contributed by atoms with van der Waals surface area (Å²) in [5.41, 5.74) is 1.50. The van der Waals surface area contributed by atoms with E-state index in [1.165, 1.54) is 37.3 Å². The van der Waals surface area contributed by atoms with Gasteiger partial charge in [0.1, 0.15) is 11.6 Å². The van der Waals surface area contributed by atoms with Crippen molar-refractivity contribution in [2.45, 2.75) is 19.4 Å². The molecule has 0 radical (unpaired) electrons. The van der Waals surface area contributed by atoms with Crippen LogP contribution in [0.25, 0.3) is 11.3 Å². The predicted molar refractivity (Wildman–Crippen MR) is 107 cm³/mol. The molecule has 1 amide bonds. The van der Waals surface area contributed by atoms with Crippen molar-refractivity contribution < 1.29 is 27.9 Å². The summed E-state index contributed by atoms with van der Waals surface area (Å²) < 4.78 is 23.4. The minimum Gasteiger partial charge on any atom is -0.450 e. The molecule has 0 aliphatic heterocycles. The van der Waals surface area contributed by atoms with E-state index in [1.807, 2.05) is 30.3 Å². The Bertz CT molecular complexity index is 1030. The Morgan fingerprint density at radius 1 is 1.00 bits per heavy atom. The first kappa shape index (κ1) is 21.0. The van der Waals surface area contributed by atoms with Crippen molar-refractivity contribution in [2.24, 2.45) is 0 Å². The normalized spacial score (nSPS) is 11.5. The third-order valence-corrected chi connectivity index (χ3v) is 4.38. The largest absolute Gasteiger partial charge is 0.450 e. The molecule has 3 aromatic rings. The van der Waals surface area contributed by atoms with Crippen LogP contribution >= 0.6 is 0 Å². The maximum Gasteiger partial charge on any atom is 0.374 e. The fraction of sp³-hybridized carbons (Fsp3) is 0.174. The third-order valence-electron chi connectivity index (χ3n) is 4.38. The molecule has 0 aliphatic carbocycles. The van der Waals surface area contributed by atoms with Gasteiger partial charge >= 0.3 is 5.97 Å². The van der Waals surface area contributed by atoms with Gasteiger partial charge in [-0.25, -0.2) is 9.18 Å². The van der Waals surface area contributed by atoms with Crippen LogP contribution in [-0.2, 0) is 20.7 Å². The third kappa shape index (κ3) is 5.64. The second-order valence-corrected chi connectivity index (χ2v) is 6.67. The van der Waals surface area contributed by atoms with Crippen LogP contribution in [0, 0.1) is 5.82 Å². The SMILES string of the molecule is CC(=O)C(Cc1ccccc1)NC(=O)COC(=O)c1ccc(-c2ccc(F)cc2)o1. The molecule has 0 bridgehead atoms. The molecule has 0 saturated heterocycles. The van der Waals surface area contributed by atoms with E-state index < -0.39 is 24.5 Å². The van der Waals surface area contributed by atoms with Crippen LogP contribution in [0.2, 0.25) is 0 Å². The minimum absolute atomic E-state index is 0.0884. The van der Waals surface area contributed by atoms with Crippen LogP contribution in [0.15, 0.2) is 71.1 Å². The summed E-state index contributed by atoms with van der Waals surface area (Å²) in [6.45, 7) is 0.837. The Morgan fingerprint density at radius 2 is 1.70 bits per heavy atom. The number of carbonyl (C=O) groups excluding carboxylic acids is 3. The van der Waals surface area contributed by atoms with Crippen molar-refractivity contribution in [1.82, 2.24) is 5.32 Å². The van der Waals surface area contributed by atoms with Crippen LogP contribution in [0.3, 0.4) is 0 Å². The van der Waals surface area contributed by atoms with Crippen LogP contribution in [0.4, 0.5) is 4.39 Å². The van der Waals surface area contributed by atoms with Gasteiger partial charge in [0.2, 0.25) is 5.76 Å². The molecular weight excluding hydrogens is 389 g/mol. The molecule has 3 rings (SSSR count). The molecule has 1 N–H and O–H groups in total. The standard InChI is InChI=1S/C23H20FNO5/c1-15(26)19(13-16-5-3-2-4-6-16)25-22(27)14-29-23(28)21-12-11-20(30-21)17-7-9-18(24)10-8-17/h2-12,19H,13-14H2,1H3,(H,25,27). The van der Waals surface area contributed by atoms with Gasteiger partial charge in [0.15, 0.2) is 12.4 Å². The van der Waals surface area contributed by atoms with E-state index in [1.54, 1.807) is 6.07 Å². The van der Waals surface area contributed by atoms with Gasteiger partial charge in [0.05, 0.1) is 6.04 Å². The number of hydrogen-bond donors (Lipinski definition) is 1. The zero-order chi connectivity index (χ0) is 21.5. The Morgan fingerprint density at radius 3 is 2.37 bits per heavy atom. The number of benzene rings is 2. The zero-order valence-electron chi connectivity index (χ0n) is 16.3. The molecule has 7 heteroatoms. The maximum atomic E-state index is 13.0. The number of rotatable bonds is 8. The van der Waals surface area contributed by atoms with Gasteiger partial charge in [-0.1, -0.05) is 30.3 Å². The van der Waals surface area contributed by atoms with E-state index in [0.29, 0.717) is 17.7 Å². The number of ketones is 1. The number of esters is 1. The summed E-state index contributed by atoms with van der Waals surface area (Å²) in [5, 5.41) is 2.58. The highest BCUT2D eigenvalue weighted by Gasteiger charge is 2.20. The number of hydrogen-bond acceptors (Lipinski definition) is 5. The van der Waals surface area contributed by atoms with E-state index in [0.717, 1.165) is 5.56 Å². The number of ether oxygens (including phenoxy) is 1. The molecule has 1 unspecified atom stereocenters. The van der Waals surface area contributed by atoms with Gasteiger partial charge in [0, 0.05) is 5.56 Å². The summed E-state index contributed by atoms with van der Waals surface area (Å²) >= 11 is 0. The topological polar surface area (TPSA) is 85.6 Å². The molecular formula is C23H20FNO5. The Hall–Kier alpha value is -3.74. The fourth-order valence-electron chi connectivity index (χ4n) is 2.80. The monoisotopic (exact) mass is 409 g/mol. The highest BCUT2D eigenvalue weighted by molar-refractivity contribution is 5.91. The first-order valence-electron chi connectivity index (χ1n) is 9.29. The van der Waals surface area contributed by atoms with Gasteiger partial charge in [-0.05, 0) is 55.3 Å². The molecule has 1 atom stereocenters. The van der Waals surface area contributed by atoms with Crippen molar-refractivity contribution in [3.63, 3.8) is 0 Å². The summed E-state index contributed by atoms with van der Waals surface area (Å²) in [6.07, 6.45) is 0.342. The van der Waals surface area contributed by atoms with Crippen molar-refractivity contribution in [2.75, 3.05) is 6.61 Å². The van der Waals surface area contributed by atoms with Crippen LogP contribution in [0.5, 0.6) is 0 Å². The highest BCUT2D eigenvalue weighted by atomic mass is 19.1. The van der Waals surface area contributed by atoms with Crippen LogP contribution < -0.4 is 5.32 Å². The number of nitrogens with one attached hydrogen (secondary N) is 1. The molecule has 0 saturated carbocycles. The quantitative estimate of drug-likeness (QED) is 0.575. The Kier molecular flexibility index (Phi) is 6.75. The molecule has 6 nitrogen and oxygen atoms in total. The molecule has 0 aliphatic rings. The molecule has 2 aromatic carbocycles. The van der Waals surface area contributed by atoms with Gasteiger partial charge in [-0.2, -0.15) is 0 Å². The minimum atomic E-state index is -0.819. The van der Waals surface area contributed by atoms with E-state index in [2.05, 4.69) is 5.32 Å². The number of furan rings is 1. The average molecular weight is 409 g/mol. The lowest BCUT2D eigenvalue weighted by atomic mass is 10.0. The number of carbonyl (C=O) groups is 3. The predicted octanol–water partition coefficient (Wildman–Crippen LogP) is 3.56. The Labute approximate surface area is 172 Å². The van der Waals surface area contributed by atoms with Crippen molar-refractivity contribution in [1.29, 1.82) is 0 Å². The molecule has 1 aromatic heterocycles. The molecule has 1 heterocycles. The molecule has 0 fully saturated rings. The lowest BCUT2D eigenvalue weighted by Crippen LogP contribution is -2.43. The van der Waals surface area contributed by atoms with Gasteiger partial charge < -0.3 is 14.5 Å². The molecule has 154 valence electrons. The highest BCUT2D eigenvalue weighted by Crippen LogP contribution is 2.22. The van der Waals surface area contributed by atoms with E-state index in [4.69, 9.17) is 9.15 Å². The van der Waals surface area contributed by atoms with Crippen molar-refractivity contribution in [3.8, 4) is 11.3 Å². The summed E-state index contributed by atoms with van der Waals surface area (Å²) in [6, 6.07) is 17.1. The van der Waals surface area contributed by atoms with Crippen molar-refractivity contribution in [3.05, 3.63) is 83.9 Å². The fourth-order valence-corrected chi connectivity index (χ4v) is 2.80. The summed E-state index contributed by atoms with van der Waals surface area (Å²) in [5.74, 6) is -1.72. The first-order chi connectivity index (χ1) is 14.4. The van der Waals surface area contributed by atoms with Gasteiger partial charge in [0.25, 0.3) is 5.91 Å².